The van der Waals surface area contributed by atoms with E-state index in [0.29, 0.717) is 0 Å². The van der Waals surface area contributed by atoms with E-state index in [1.165, 1.54) is 19.3 Å². The maximum atomic E-state index is 12.1. The molecule has 0 aromatic heterocycles. The van der Waals surface area contributed by atoms with Crippen LogP contribution in [0.4, 0.5) is 0 Å². The normalized spacial score (nSPS) is 22.2. The predicted molar refractivity (Wildman–Crippen MR) is 83.1 cm³/mol. The minimum atomic E-state index is -0.328. The van der Waals surface area contributed by atoms with Crippen molar-refractivity contribution in [3.05, 3.63) is 0 Å². The maximum absolute atomic E-state index is 12.1. The summed E-state index contributed by atoms with van der Waals surface area (Å²) in [6, 6.07) is 0.469. The van der Waals surface area contributed by atoms with E-state index in [0.717, 1.165) is 32.2 Å². The van der Waals surface area contributed by atoms with Crippen molar-refractivity contribution in [3.8, 4) is 0 Å². The van der Waals surface area contributed by atoms with Crippen LogP contribution in [0.15, 0.2) is 0 Å². The SMILES string of the molecule is CC(C)C(N)C(=O)N1CCN(C2CCC2)CC1.Cl.Cl. The molecule has 114 valence electrons. The number of halogens is 2. The molecule has 0 aromatic rings. The van der Waals surface area contributed by atoms with E-state index in [4.69, 9.17) is 5.73 Å². The van der Waals surface area contributed by atoms with Crippen LogP contribution in [0.5, 0.6) is 0 Å². The molecule has 1 atom stereocenters. The second-order valence-electron chi connectivity index (χ2n) is 5.72. The lowest BCUT2D eigenvalue weighted by atomic mass is 9.91. The lowest BCUT2D eigenvalue weighted by molar-refractivity contribution is -0.135. The molecule has 1 aliphatic carbocycles. The van der Waals surface area contributed by atoms with E-state index in [1.807, 2.05) is 18.7 Å². The van der Waals surface area contributed by atoms with Crippen LogP contribution in [-0.4, -0.2) is 54.0 Å². The first-order valence-corrected chi connectivity index (χ1v) is 6.88. The third-order valence-electron chi connectivity index (χ3n) is 4.22. The van der Waals surface area contributed by atoms with Gasteiger partial charge in [0.25, 0.3) is 0 Å². The quantitative estimate of drug-likeness (QED) is 0.859. The van der Waals surface area contributed by atoms with Crippen LogP contribution in [0.3, 0.4) is 0 Å². The van der Waals surface area contributed by atoms with Gasteiger partial charge in [0.1, 0.15) is 0 Å². The second-order valence-corrected chi connectivity index (χ2v) is 5.72. The van der Waals surface area contributed by atoms with Crippen LogP contribution < -0.4 is 5.73 Å². The second kappa shape index (κ2) is 8.30. The largest absolute Gasteiger partial charge is 0.339 e. The van der Waals surface area contributed by atoms with Crippen molar-refractivity contribution in [1.29, 1.82) is 0 Å². The molecule has 1 amide bonds. The average Bonchev–Trinajstić information content (AvgIpc) is 2.25. The van der Waals surface area contributed by atoms with Crippen LogP contribution in [0, 0.1) is 5.92 Å². The van der Waals surface area contributed by atoms with Crippen molar-refractivity contribution in [2.24, 2.45) is 11.7 Å². The van der Waals surface area contributed by atoms with Gasteiger partial charge in [-0.3, -0.25) is 9.69 Å². The van der Waals surface area contributed by atoms with Crippen LogP contribution in [-0.2, 0) is 4.79 Å². The average molecular weight is 312 g/mol. The fourth-order valence-corrected chi connectivity index (χ4v) is 2.56. The van der Waals surface area contributed by atoms with Gasteiger partial charge in [0, 0.05) is 32.2 Å². The smallest absolute Gasteiger partial charge is 0.239 e. The number of amides is 1. The Balaban J connectivity index is 0.00000162. The fraction of sp³-hybridized carbons (Fsp3) is 0.923. The zero-order valence-electron chi connectivity index (χ0n) is 11.9. The first-order chi connectivity index (χ1) is 8.09. The monoisotopic (exact) mass is 311 g/mol. The van der Waals surface area contributed by atoms with Crippen LogP contribution in [0.1, 0.15) is 33.1 Å². The minimum absolute atomic E-state index is 0. The first-order valence-electron chi connectivity index (χ1n) is 6.88. The van der Waals surface area contributed by atoms with Gasteiger partial charge in [-0.2, -0.15) is 0 Å². The Bertz CT molecular complexity index is 277. The molecule has 0 aromatic carbocycles. The van der Waals surface area contributed by atoms with Gasteiger partial charge in [0.2, 0.25) is 5.91 Å². The molecule has 0 spiro atoms. The number of nitrogens with zero attached hydrogens (tertiary/aromatic N) is 2. The molecule has 1 saturated heterocycles. The molecule has 0 radical (unpaired) electrons. The van der Waals surface area contributed by atoms with Gasteiger partial charge < -0.3 is 10.6 Å². The number of hydrogen-bond acceptors (Lipinski definition) is 3. The Hall–Kier alpha value is -0.0300. The van der Waals surface area contributed by atoms with E-state index in [2.05, 4.69) is 4.90 Å². The molecule has 2 N–H and O–H groups in total. The number of nitrogens with two attached hydrogens (primary N) is 1. The van der Waals surface area contributed by atoms with Crippen LogP contribution in [0.2, 0.25) is 0 Å². The number of hydrogen-bond donors (Lipinski definition) is 1. The lowest BCUT2D eigenvalue weighted by Crippen LogP contribution is -2.57. The summed E-state index contributed by atoms with van der Waals surface area (Å²) in [5.74, 6) is 0.362. The van der Waals surface area contributed by atoms with Gasteiger partial charge in [-0.15, -0.1) is 24.8 Å². The molecule has 4 nitrogen and oxygen atoms in total. The summed E-state index contributed by atoms with van der Waals surface area (Å²) in [5.41, 5.74) is 5.92. The van der Waals surface area contributed by atoms with Crippen molar-refractivity contribution in [2.75, 3.05) is 26.2 Å². The van der Waals surface area contributed by atoms with Crippen LogP contribution >= 0.6 is 24.8 Å². The molecule has 0 bridgehead atoms. The van der Waals surface area contributed by atoms with E-state index in [1.54, 1.807) is 0 Å². The van der Waals surface area contributed by atoms with Gasteiger partial charge in [-0.1, -0.05) is 20.3 Å². The zero-order valence-corrected chi connectivity index (χ0v) is 13.5. The summed E-state index contributed by atoms with van der Waals surface area (Å²) in [6.07, 6.45) is 4.07. The highest BCUT2D eigenvalue weighted by atomic mass is 35.5. The van der Waals surface area contributed by atoms with Crippen molar-refractivity contribution in [1.82, 2.24) is 9.80 Å². The number of piperazine rings is 1. The summed E-state index contributed by atoms with van der Waals surface area (Å²) in [4.78, 5) is 16.6. The Morgan fingerprint density at radius 3 is 2.00 bits per heavy atom. The number of rotatable bonds is 3. The van der Waals surface area contributed by atoms with Crippen LogP contribution in [0.25, 0.3) is 0 Å². The molecule has 1 unspecified atom stereocenters. The highest BCUT2D eigenvalue weighted by Gasteiger charge is 2.31. The van der Waals surface area contributed by atoms with E-state index < -0.39 is 0 Å². The van der Waals surface area contributed by atoms with Crippen molar-refractivity contribution in [3.63, 3.8) is 0 Å². The van der Waals surface area contributed by atoms with E-state index >= 15 is 0 Å². The molecule has 1 aliphatic heterocycles. The van der Waals surface area contributed by atoms with Crippen molar-refractivity contribution >= 4 is 30.7 Å². The van der Waals surface area contributed by atoms with Gasteiger partial charge in [0.15, 0.2) is 0 Å². The summed E-state index contributed by atoms with van der Waals surface area (Å²) in [6.45, 7) is 7.79. The summed E-state index contributed by atoms with van der Waals surface area (Å²) >= 11 is 0. The highest BCUT2D eigenvalue weighted by Crippen LogP contribution is 2.25. The van der Waals surface area contributed by atoms with E-state index in [-0.39, 0.29) is 42.7 Å². The Morgan fingerprint density at radius 2 is 1.63 bits per heavy atom. The molecular weight excluding hydrogens is 285 g/mol. The van der Waals surface area contributed by atoms with Gasteiger partial charge in [-0.05, 0) is 18.8 Å². The molecule has 2 rings (SSSR count). The summed E-state index contributed by atoms with van der Waals surface area (Å²) in [7, 11) is 0. The maximum Gasteiger partial charge on any atom is 0.239 e. The minimum Gasteiger partial charge on any atom is -0.339 e. The topological polar surface area (TPSA) is 49.6 Å². The molecule has 19 heavy (non-hydrogen) atoms. The molecule has 2 aliphatic rings. The molecule has 6 heteroatoms. The third-order valence-corrected chi connectivity index (χ3v) is 4.22. The molecular formula is C13H27Cl2N3O. The summed E-state index contributed by atoms with van der Waals surface area (Å²) < 4.78 is 0. The number of carbonyl (C=O) groups excluding carboxylic acids is 1. The van der Waals surface area contributed by atoms with Crippen molar-refractivity contribution < 1.29 is 4.79 Å². The number of carbonyl (C=O) groups is 1. The molecule has 1 heterocycles. The third kappa shape index (κ3) is 4.48. The Labute approximate surface area is 128 Å². The van der Waals surface area contributed by atoms with Gasteiger partial charge >= 0.3 is 0 Å². The predicted octanol–water partition coefficient (Wildman–Crippen LogP) is 1.51. The van der Waals surface area contributed by atoms with Crippen molar-refractivity contribution in [2.45, 2.75) is 45.2 Å². The fourth-order valence-electron chi connectivity index (χ4n) is 2.56. The Kier molecular flexibility index (Phi) is 8.29. The highest BCUT2D eigenvalue weighted by molar-refractivity contribution is 5.85. The zero-order chi connectivity index (χ0) is 12.4. The first kappa shape index (κ1) is 19.0. The van der Waals surface area contributed by atoms with Gasteiger partial charge in [-0.25, -0.2) is 0 Å². The standard InChI is InChI=1S/C13H25N3O.2ClH/c1-10(2)12(14)13(17)16-8-6-15(7-9-16)11-4-3-5-11;;/h10-12H,3-9,14H2,1-2H3;2*1H. The Morgan fingerprint density at radius 1 is 1.11 bits per heavy atom. The van der Waals surface area contributed by atoms with E-state index in [9.17, 15) is 4.79 Å². The molecule has 1 saturated carbocycles. The van der Waals surface area contributed by atoms with Gasteiger partial charge in [0.05, 0.1) is 6.04 Å². The lowest BCUT2D eigenvalue weighted by Gasteiger charge is -2.43. The summed E-state index contributed by atoms with van der Waals surface area (Å²) in [5, 5.41) is 0. The molecule has 2 fully saturated rings.